The molecule has 1 aliphatic heterocycles. The van der Waals surface area contributed by atoms with Crippen molar-refractivity contribution >= 4 is 5.69 Å². The van der Waals surface area contributed by atoms with Gasteiger partial charge in [-0.15, -0.1) is 5.10 Å². The average Bonchev–Trinajstić information content (AvgIpc) is 2.98. The number of rotatable bonds is 3. The van der Waals surface area contributed by atoms with Crippen LogP contribution in [0.5, 0.6) is 5.75 Å². The molecule has 1 saturated heterocycles. The normalized spacial score (nSPS) is 16.2. The van der Waals surface area contributed by atoms with E-state index in [0.717, 1.165) is 37.4 Å². The topological polar surface area (TPSA) is 88.1 Å². The molecule has 1 aromatic heterocycles. The molecule has 0 saturated carbocycles. The number of hydrogen-bond donors (Lipinski definition) is 1. The molecule has 1 fully saturated rings. The second-order valence-electron chi connectivity index (χ2n) is 4.75. The van der Waals surface area contributed by atoms with E-state index in [9.17, 15) is 0 Å². The summed E-state index contributed by atoms with van der Waals surface area (Å²) in [4.78, 5) is 0. The molecule has 0 spiro atoms. The van der Waals surface area contributed by atoms with Crippen molar-refractivity contribution in [2.24, 2.45) is 0 Å². The number of hydrogen-bond acceptors (Lipinski definition) is 6. The SMILES string of the molecule is COc1cc(-c2nnnn2C2CCOCC2)ccc1N. The maximum absolute atomic E-state index is 5.83. The Labute approximate surface area is 116 Å². The molecule has 3 rings (SSSR count). The highest BCUT2D eigenvalue weighted by Gasteiger charge is 2.21. The number of aromatic nitrogens is 4. The Balaban J connectivity index is 1.96. The lowest BCUT2D eigenvalue weighted by Gasteiger charge is -2.22. The molecule has 7 nitrogen and oxygen atoms in total. The molecular weight excluding hydrogens is 258 g/mol. The molecule has 0 aliphatic carbocycles. The van der Waals surface area contributed by atoms with Gasteiger partial charge in [-0.05, 0) is 41.5 Å². The number of tetrazole rings is 1. The highest BCUT2D eigenvalue weighted by Crippen LogP contribution is 2.30. The Morgan fingerprint density at radius 3 is 2.90 bits per heavy atom. The van der Waals surface area contributed by atoms with E-state index in [4.69, 9.17) is 15.2 Å². The number of ether oxygens (including phenoxy) is 2. The zero-order valence-corrected chi connectivity index (χ0v) is 11.3. The molecule has 2 aromatic rings. The zero-order chi connectivity index (χ0) is 13.9. The number of nitrogens with two attached hydrogens (primary N) is 1. The maximum Gasteiger partial charge on any atom is 0.182 e. The van der Waals surface area contributed by atoms with Crippen LogP contribution in [0.2, 0.25) is 0 Å². The van der Waals surface area contributed by atoms with Gasteiger partial charge < -0.3 is 15.2 Å². The molecule has 1 aromatic carbocycles. The van der Waals surface area contributed by atoms with Gasteiger partial charge in [0.1, 0.15) is 5.75 Å². The number of methoxy groups -OCH3 is 1. The summed E-state index contributed by atoms with van der Waals surface area (Å²) in [6.45, 7) is 1.49. The molecule has 2 heterocycles. The summed E-state index contributed by atoms with van der Waals surface area (Å²) < 4.78 is 12.5. The summed E-state index contributed by atoms with van der Waals surface area (Å²) in [5, 5.41) is 12.1. The van der Waals surface area contributed by atoms with E-state index in [-0.39, 0.29) is 6.04 Å². The fraction of sp³-hybridized carbons (Fsp3) is 0.462. The van der Waals surface area contributed by atoms with Crippen LogP contribution < -0.4 is 10.5 Å². The predicted octanol–water partition coefficient (Wildman–Crippen LogP) is 1.28. The van der Waals surface area contributed by atoms with Crippen LogP contribution in [0, 0.1) is 0 Å². The van der Waals surface area contributed by atoms with Crippen LogP contribution in [0.3, 0.4) is 0 Å². The van der Waals surface area contributed by atoms with Gasteiger partial charge in [0.2, 0.25) is 0 Å². The summed E-state index contributed by atoms with van der Waals surface area (Å²) in [6, 6.07) is 5.84. The standard InChI is InChI=1S/C13H17N5O2/c1-19-12-8-9(2-3-11(12)14)13-15-16-17-18(13)10-4-6-20-7-5-10/h2-3,8,10H,4-7,14H2,1H3. The number of nitrogens with zero attached hydrogens (tertiary/aromatic N) is 4. The van der Waals surface area contributed by atoms with Crippen molar-refractivity contribution in [1.29, 1.82) is 0 Å². The second kappa shape index (κ2) is 5.46. The predicted molar refractivity (Wildman–Crippen MR) is 73.3 cm³/mol. The van der Waals surface area contributed by atoms with E-state index < -0.39 is 0 Å². The van der Waals surface area contributed by atoms with Crippen LogP contribution in [0.1, 0.15) is 18.9 Å². The molecule has 7 heteroatoms. The van der Waals surface area contributed by atoms with Crippen LogP contribution in [0.4, 0.5) is 5.69 Å². The molecule has 0 radical (unpaired) electrons. The third-order valence-corrected chi connectivity index (χ3v) is 3.52. The van der Waals surface area contributed by atoms with Crippen LogP contribution in [-0.2, 0) is 4.74 Å². The van der Waals surface area contributed by atoms with Crippen LogP contribution in [-0.4, -0.2) is 40.5 Å². The summed E-state index contributed by atoms with van der Waals surface area (Å²) in [6.07, 6.45) is 1.84. The Bertz CT molecular complexity index is 592. The molecule has 0 bridgehead atoms. The highest BCUT2D eigenvalue weighted by molar-refractivity contribution is 5.65. The lowest BCUT2D eigenvalue weighted by molar-refractivity contribution is 0.0662. The Morgan fingerprint density at radius 1 is 1.35 bits per heavy atom. The minimum absolute atomic E-state index is 0.275. The van der Waals surface area contributed by atoms with Gasteiger partial charge in [-0.25, -0.2) is 4.68 Å². The maximum atomic E-state index is 5.83. The Hall–Kier alpha value is -2.15. The van der Waals surface area contributed by atoms with Crippen molar-refractivity contribution in [3.8, 4) is 17.1 Å². The van der Waals surface area contributed by atoms with Gasteiger partial charge in [0.15, 0.2) is 5.82 Å². The second-order valence-corrected chi connectivity index (χ2v) is 4.75. The van der Waals surface area contributed by atoms with Gasteiger partial charge in [-0.3, -0.25) is 0 Å². The van der Waals surface area contributed by atoms with Crippen molar-refractivity contribution in [2.45, 2.75) is 18.9 Å². The van der Waals surface area contributed by atoms with Gasteiger partial charge >= 0.3 is 0 Å². The first-order valence-electron chi connectivity index (χ1n) is 6.59. The molecular formula is C13H17N5O2. The van der Waals surface area contributed by atoms with Crippen LogP contribution >= 0.6 is 0 Å². The van der Waals surface area contributed by atoms with Gasteiger partial charge in [-0.1, -0.05) is 0 Å². The van der Waals surface area contributed by atoms with Gasteiger partial charge in [-0.2, -0.15) is 0 Å². The molecule has 20 heavy (non-hydrogen) atoms. The molecule has 0 atom stereocenters. The first-order valence-corrected chi connectivity index (χ1v) is 6.59. The van der Waals surface area contributed by atoms with Gasteiger partial charge in [0.25, 0.3) is 0 Å². The smallest absolute Gasteiger partial charge is 0.182 e. The fourth-order valence-electron chi connectivity index (χ4n) is 2.41. The van der Waals surface area contributed by atoms with Gasteiger partial charge in [0.05, 0.1) is 18.8 Å². The minimum Gasteiger partial charge on any atom is -0.495 e. The molecule has 106 valence electrons. The molecule has 0 amide bonds. The third-order valence-electron chi connectivity index (χ3n) is 3.52. The van der Waals surface area contributed by atoms with Crippen LogP contribution in [0.15, 0.2) is 18.2 Å². The summed E-state index contributed by atoms with van der Waals surface area (Å²) >= 11 is 0. The van der Waals surface area contributed by atoms with Crippen molar-refractivity contribution in [3.63, 3.8) is 0 Å². The first-order chi connectivity index (χ1) is 9.79. The van der Waals surface area contributed by atoms with E-state index in [2.05, 4.69) is 15.5 Å². The minimum atomic E-state index is 0.275. The zero-order valence-electron chi connectivity index (χ0n) is 11.3. The molecule has 0 unspecified atom stereocenters. The van der Waals surface area contributed by atoms with Crippen molar-refractivity contribution < 1.29 is 9.47 Å². The fourth-order valence-corrected chi connectivity index (χ4v) is 2.41. The van der Waals surface area contributed by atoms with E-state index >= 15 is 0 Å². The first kappa shape index (κ1) is 12.9. The average molecular weight is 275 g/mol. The van der Waals surface area contributed by atoms with E-state index in [0.29, 0.717) is 11.4 Å². The summed E-state index contributed by atoms with van der Waals surface area (Å²) in [5.41, 5.74) is 7.33. The van der Waals surface area contributed by atoms with Crippen LogP contribution in [0.25, 0.3) is 11.4 Å². The quantitative estimate of drug-likeness (QED) is 0.849. The largest absolute Gasteiger partial charge is 0.495 e. The Morgan fingerprint density at radius 2 is 2.15 bits per heavy atom. The van der Waals surface area contributed by atoms with Crippen molar-refractivity contribution in [2.75, 3.05) is 26.1 Å². The van der Waals surface area contributed by atoms with Crippen molar-refractivity contribution in [3.05, 3.63) is 18.2 Å². The van der Waals surface area contributed by atoms with E-state index in [1.54, 1.807) is 13.2 Å². The lowest BCUT2D eigenvalue weighted by atomic mass is 10.1. The Kier molecular flexibility index (Phi) is 3.51. The monoisotopic (exact) mass is 275 g/mol. The van der Waals surface area contributed by atoms with Gasteiger partial charge in [0, 0.05) is 18.8 Å². The molecule has 2 N–H and O–H groups in total. The number of anilines is 1. The van der Waals surface area contributed by atoms with E-state index in [1.807, 2.05) is 16.8 Å². The summed E-state index contributed by atoms with van der Waals surface area (Å²) in [7, 11) is 1.59. The van der Waals surface area contributed by atoms with Crippen molar-refractivity contribution in [1.82, 2.24) is 20.2 Å². The third kappa shape index (κ3) is 2.32. The lowest BCUT2D eigenvalue weighted by Crippen LogP contribution is -2.21. The highest BCUT2D eigenvalue weighted by atomic mass is 16.5. The molecule has 1 aliphatic rings. The van der Waals surface area contributed by atoms with E-state index in [1.165, 1.54) is 0 Å². The summed E-state index contributed by atoms with van der Waals surface area (Å²) in [5.74, 6) is 1.36. The number of benzene rings is 1. The number of nitrogen functional groups attached to an aromatic ring is 1.